The van der Waals surface area contributed by atoms with Gasteiger partial charge in [-0.1, -0.05) is 29.5 Å². The Morgan fingerprint density at radius 1 is 0.958 bits per heavy atom. The number of methoxy groups -OCH3 is 1. The van der Waals surface area contributed by atoms with Gasteiger partial charge in [-0.05, 0) is 36.4 Å². The maximum absolute atomic E-state index is 5.20. The highest BCUT2D eigenvalue weighted by atomic mass is 32.1. The number of aromatic nitrogens is 3. The van der Waals surface area contributed by atoms with Gasteiger partial charge >= 0.3 is 0 Å². The largest absolute Gasteiger partial charge is 0.497 e. The number of para-hydroxylation sites is 1. The monoisotopic (exact) mass is 334 g/mol. The van der Waals surface area contributed by atoms with Crippen molar-refractivity contribution >= 4 is 33.2 Å². The van der Waals surface area contributed by atoms with E-state index in [0.29, 0.717) is 5.82 Å². The minimum absolute atomic E-state index is 0.710. The first-order chi connectivity index (χ1) is 11.8. The number of fused-ring (bicyclic) bond motifs is 1. The Morgan fingerprint density at radius 2 is 1.75 bits per heavy atom. The molecule has 0 atom stereocenters. The molecule has 4 rings (SSSR count). The fourth-order valence-corrected chi connectivity index (χ4v) is 3.27. The third-order valence-corrected chi connectivity index (χ3v) is 4.58. The molecular formula is C18H14N4OS. The first kappa shape index (κ1) is 14.6. The second-order valence-corrected chi connectivity index (χ2v) is 6.09. The third-order valence-electron chi connectivity index (χ3n) is 3.57. The minimum atomic E-state index is 0.710. The Bertz CT molecular complexity index is 967. The van der Waals surface area contributed by atoms with Gasteiger partial charge in [0, 0.05) is 11.3 Å². The summed E-state index contributed by atoms with van der Waals surface area (Å²) < 4.78 is 5.20. The van der Waals surface area contributed by atoms with Gasteiger partial charge in [0.15, 0.2) is 5.82 Å². The Balaban J connectivity index is 1.73. The lowest BCUT2D eigenvalue weighted by atomic mass is 10.2. The van der Waals surface area contributed by atoms with Crippen LogP contribution in [-0.2, 0) is 0 Å². The molecule has 2 aromatic heterocycles. The van der Waals surface area contributed by atoms with E-state index >= 15 is 0 Å². The third kappa shape index (κ3) is 2.79. The molecule has 0 saturated carbocycles. The molecule has 2 aromatic carbocycles. The lowest BCUT2D eigenvalue weighted by Gasteiger charge is -2.04. The van der Waals surface area contributed by atoms with Gasteiger partial charge in [-0.2, -0.15) is 0 Å². The van der Waals surface area contributed by atoms with Gasteiger partial charge in [-0.25, -0.2) is 15.0 Å². The van der Waals surface area contributed by atoms with Crippen LogP contribution in [0.3, 0.4) is 0 Å². The summed E-state index contributed by atoms with van der Waals surface area (Å²) >= 11 is 1.55. The molecule has 24 heavy (non-hydrogen) atoms. The van der Waals surface area contributed by atoms with E-state index in [2.05, 4.69) is 15.3 Å². The predicted octanol–water partition coefficient (Wildman–Crippen LogP) is 4.51. The average molecular weight is 334 g/mol. The minimum Gasteiger partial charge on any atom is -0.497 e. The van der Waals surface area contributed by atoms with Crippen LogP contribution in [0.1, 0.15) is 0 Å². The van der Waals surface area contributed by atoms with E-state index in [1.54, 1.807) is 24.8 Å². The Morgan fingerprint density at radius 3 is 2.50 bits per heavy atom. The average Bonchev–Trinajstić information content (AvgIpc) is 3.08. The molecule has 0 unspecified atom stereocenters. The summed E-state index contributed by atoms with van der Waals surface area (Å²) in [5.74, 6) is 1.54. The molecule has 0 radical (unpaired) electrons. The van der Waals surface area contributed by atoms with Crippen molar-refractivity contribution in [3.05, 3.63) is 60.9 Å². The molecule has 1 N–H and O–H groups in total. The van der Waals surface area contributed by atoms with Gasteiger partial charge < -0.3 is 10.1 Å². The summed E-state index contributed by atoms with van der Waals surface area (Å²) in [5.41, 5.74) is 2.78. The molecule has 0 aliphatic rings. The molecule has 0 aliphatic heterocycles. The fourth-order valence-electron chi connectivity index (χ4n) is 2.36. The highest BCUT2D eigenvalue weighted by Crippen LogP contribution is 2.33. The smallest absolute Gasteiger partial charge is 0.161 e. The maximum atomic E-state index is 5.20. The normalized spacial score (nSPS) is 10.7. The van der Waals surface area contributed by atoms with Crippen molar-refractivity contribution < 1.29 is 4.74 Å². The zero-order valence-corrected chi connectivity index (χ0v) is 13.7. The van der Waals surface area contributed by atoms with Crippen molar-refractivity contribution in [2.45, 2.75) is 0 Å². The number of benzene rings is 2. The van der Waals surface area contributed by atoms with E-state index in [1.165, 1.54) is 0 Å². The Kier molecular flexibility index (Phi) is 3.80. The van der Waals surface area contributed by atoms with E-state index in [1.807, 2.05) is 54.6 Å². The molecule has 2 heterocycles. The van der Waals surface area contributed by atoms with Crippen LogP contribution in [0.4, 0.5) is 11.5 Å². The molecule has 6 heteroatoms. The van der Waals surface area contributed by atoms with Crippen LogP contribution in [0.5, 0.6) is 5.75 Å². The zero-order valence-electron chi connectivity index (χ0n) is 12.9. The number of nitrogens with one attached hydrogen (secondary N) is 1. The summed E-state index contributed by atoms with van der Waals surface area (Å²) in [5, 5.41) is 4.21. The maximum Gasteiger partial charge on any atom is 0.161 e. The van der Waals surface area contributed by atoms with Gasteiger partial charge in [-0.15, -0.1) is 0 Å². The van der Waals surface area contributed by atoms with Crippen molar-refractivity contribution in [3.8, 4) is 16.3 Å². The van der Waals surface area contributed by atoms with Crippen LogP contribution in [0.25, 0.3) is 20.9 Å². The van der Waals surface area contributed by atoms with Gasteiger partial charge in [0.1, 0.15) is 27.4 Å². The van der Waals surface area contributed by atoms with E-state index < -0.39 is 0 Å². The van der Waals surface area contributed by atoms with Crippen molar-refractivity contribution in [1.29, 1.82) is 0 Å². The first-order valence-electron chi connectivity index (χ1n) is 7.41. The molecule has 118 valence electrons. The van der Waals surface area contributed by atoms with Crippen molar-refractivity contribution in [2.75, 3.05) is 12.4 Å². The molecule has 0 fully saturated rings. The van der Waals surface area contributed by atoms with E-state index in [0.717, 1.165) is 32.4 Å². The summed E-state index contributed by atoms with van der Waals surface area (Å²) in [6, 6.07) is 17.8. The molecule has 0 spiro atoms. The predicted molar refractivity (Wildman–Crippen MR) is 96.9 cm³/mol. The van der Waals surface area contributed by atoms with Gasteiger partial charge in [0.25, 0.3) is 0 Å². The van der Waals surface area contributed by atoms with Crippen LogP contribution in [0.2, 0.25) is 0 Å². The summed E-state index contributed by atoms with van der Waals surface area (Å²) in [6.07, 6.45) is 1.56. The lowest BCUT2D eigenvalue weighted by Crippen LogP contribution is -1.95. The number of thiazole rings is 1. The SMILES string of the molecule is COc1ccc(-c2nc3c(Nc4ccccc4)ncnc3s2)cc1. The zero-order chi connectivity index (χ0) is 16.4. The number of nitrogens with zero attached hydrogens (tertiary/aromatic N) is 3. The van der Waals surface area contributed by atoms with Crippen molar-refractivity contribution in [1.82, 2.24) is 15.0 Å². The van der Waals surface area contributed by atoms with Crippen LogP contribution in [0.15, 0.2) is 60.9 Å². The number of ether oxygens (including phenoxy) is 1. The number of hydrogen-bond donors (Lipinski definition) is 1. The van der Waals surface area contributed by atoms with Gasteiger partial charge in [0.05, 0.1) is 7.11 Å². The number of hydrogen-bond acceptors (Lipinski definition) is 6. The molecule has 0 saturated heterocycles. The first-order valence-corrected chi connectivity index (χ1v) is 8.23. The fraction of sp³-hybridized carbons (Fsp3) is 0.0556. The van der Waals surface area contributed by atoms with Crippen molar-refractivity contribution in [3.63, 3.8) is 0 Å². The van der Waals surface area contributed by atoms with E-state index in [-0.39, 0.29) is 0 Å². The Hall–Kier alpha value is -2.99. The molecular weight excluding hydrogens is 320 g/mol. The number of anilines is 2. The van der Waals surface area contributed by atoms with Crippen LogP contribution >= 0.6 is 11.3 Å². The van der Waals surface area contributed by atoms with Gasteiger partial charge in [-0.3, -0.25) is 0 Å². The summed E-state index contributed by atoms with van der Waals surface area (Å²) in [4.78, 5) is 14.3. The number of rotatable bonds is 4. The second kappa shape index (κ2) is 6.25. The molecule has 0 amide bonds. The topological polar surface area (TPSA) is 59.9 Å². The highest BCUT2D eigenvalue weighted by molar-refractivity contribution is 7.21. The highest BCUT2D eigenvalue weighted by Gasteiger charge is 2.12. The Labute approximate surface area is 143 Å². The lowest BCUT2D eigenvalue weighted by molar-refractivity contribution is 0.415. The van der Waals surface area contributed by atoms with Crippen LogP contribution < -0.4 is 10.1 Å². The quantitative estimate of drug-likeness (QED) is 0.595. The summed E-state index contributed by atoms with van der Waals surface area (Å²) in [6.45, 7) is 0. The second-order valence-electron chi connectivity index (χ2n) is 5.11. The molecule has 0 bridgehead atoms. The molecule has 4 aromatic rings. The molecule has 5 nitrogen and oxygen atoms in total. The van der Waals surface area contributed by atoms with Crippen LogP contribution in [0, 0.1) is 0 Å². The standard InChI is InChI=1S/C18H14N4OS/c1-23-14-9-7-12(8-10-14)17-22-15-16(19-11-20-18(15)24-17)21-13-5-3-2-4-6-13/h2-11H,1H3,(H,19,20,21). The molecule has 0 aliphatic carbocycles. The van der Waals surface area contributed by atoms with Crippen molar-refractivity contribution in [2.24, 2.45) is 0 Å². The van der Waals surface area contributed by atoms with E-state index in [4.69, 9.17) is 9.72 Å². The van der Waals surface area contributed by atoms with E-state index in [9.17, 15) is 0 Å². The van der Waals surface area contributed by atoms with Gasteiger partial charge in [0.2, 0.25) is 0 Å². The van der Waals surface area contributed by atoms with Crippen LogP contribution in [-0.4, -0.2) is 22.1 Å². The summed E-state index contributed by atoms with van der Waals surface area (Å²) in [7, 11) is 1.66.